The van der Waals surface area contributed by atoms with Gasteiger partial charge in [-0.1, -0.05) is 22.0 Å². The van der Waals surface area contributed by atoms with Crippen molar-refractivity contribution in [2.24, 2.45) is 0 Å². The van der Waals surface area contributed by atoms with Crippen molar-refractivity contribution in [2.45, 2.75) is 38.6 Å². The van der Waals surface area contributed by atoms with E-state index in [2.05, 4.69) is 25.7 Å². The molecule has 0 spiro atoms. The van der Waals surface area contributed by atoms with Gasteiger partial charge in [0.15, 0.2) is 0 Å². The molecule has 1 aromatic rings. The molecule has 3 nitrogen and oxygen atoms in total. The summed E-state index contributed by atoms with van der Waals surface area (Å²) >= 11 is 3.48. The van der Waals surface area contributed by atoms with E-state index in [-0.39, 0.29) is 5.91 Å². The van der Waals surface area contributed by atoms with Gasteiger partial charge < -0.3 is 4.90 Å². The van der Waals surface area contributed by atoms with E-state index in [0.29, 0.717) is 6.04 Å². The van der Waals surface area contributed by atoms with Gasteiger partial charge in [0.25, 0.3) is 5.91 Å². The number of halogens is 1. The van der Waals surface area contributed by atoms with Crippen molar-refractivity contribution in [3.63, 3.8) is 0 Å². The van der Waals surface area contributed by atoms with Crippen LogP contribution in [0.3, 0.4) is 0 Å². The maximum atomic E-state index is 12.8. The average molecular weight is 351 g/mol. The van der Waals surface area contributed by atoms with E-state index < -0.39 is 0 Å². The number of rotatable bonds is 2. The molecule has 21 heavy (non-hydrogen) atoms. The van der Waals surface area contributed by atoms with Crippen LogP contribution in [0, 0.1) is 6.92 Å². The maximum Gasteiger partial charge on any atom is 0.254 e. The molecular weight excluding hydrogens is 328 g/mol. The molecule has 0 aromatic heterocycles. The lowest BCUT2D eigenvalue weighted by atomic mass is 10.0. The van der Waals surface area contributed by atoms with Gasteiger partial charge in [-0.2, -0.15) is 0 Å². The number of likely N-dealkylation sites (tertiary alicyclic amines) is 2. The number of aryl methyl sites for hydroxylation is 1. The highest BCUT2D eigenvalue weighted by Crippen LogP contribution is 2.23. The fraction of sp³-hybridized carbons (Fsp3) is 0.588. The minimum absolute atomic E-state index is 0.192. The Hall–Kier alpha value is -0.870. The Morgan fingerprint density at radius 1 is 1.19 bits per heavy atom. The summed E-state index contributed by atoms with van der Waals surface area (Å²) in [5.41, 5.74) is 1.90. The number of hydrogen-bond acceptors (Lipinski definition) is 2. The second-order valence-electron chi connectivity index (χ2n) is 6.25. The summed E-state index contributed by atoms with van der Waals surface area (Å²) in [5, 5.41) is 0. The number of hydrogen-bond donors (Lipinski definition) is 0. The van der Waals surface area contributed by atoms with E-state index in [1.807, 2.05) is 25.1 Å². The highest BCUT2D eigenvalue weighted by Gasteiger charge is 2.30. The first-order chi connectivity index (χ1) is 10.1. The average Bonchev–Trinajstić information content (AvgIpc) is 3.03. The Balaban J connectivity index is 1.73. The largest absolute Gasteiger partial charge is 0.337 e. The monoisotopic (exact) mass is 350 g/mol. The summed E-state index contributed by atoms with van der Waals surface area (Å²) in [5.74, 6) is 0.192. The summed E-state index contributed by atoms with van der Waals surface area (Å²) in [6.07, 6.45) is 4.99. The minimum atomic E-state index is 0.192. The quantitative estimate of drug-likeness (QED) is 0.815. The smallest absolute Gasteiger partial charge is 0.254 e. The molecular formula is C17H23BrN2O. The summed E-state index contributed by atoms with van der Waals surface area (Å²) in [6, 6.07) is 6.53. The third-order valence-electron chi connectivity index (χ3n) is 4.77. The number of benzene rings is 1. The molecule has 0 bridgehead atoms. The van der Waals surface area contributed by atoms with Crippen molar-refractivity contribution >= 4 is 21.8 Å². The zero-order valence-corrected chi connectivity index (χ0v) is 14.2. The van der Waals surface area contributed by atoms with Gasteiger partial charge in [-0.25, -0.2) is 0 Å². The second kappa shape index (κ2) is 6.49. The first-order valence-corrected chi connectivity index (χ1v) is 8.74. The summed E-state index contributed by atoms with van der Waals surface area (Å²) in [6.45, 7) is 6.23. The van der Waals surface area contributed by atoms with Crippen molar-refractivity contribution in [3.8, 4) is 0 Å². The number of nitrogens with zero attached hydrogens (tertiary/aromatic N) is 2. The Morgan fingerprint density at radius 3 is 2.71 bits per heavy atom. The lowest BCUT2D eigenvalue weighted by molar-refractivity contribution is 0.0607. The zero-order chi connectivity index (χ0) is 14.8. The molecule has 0 N–H and O–H groups in total. The molecule has 1 unspecified atom stereocenters. The number of piperidine rings is 1. The van der Waals surface area contributed by atoms with E-state index in [0.717, 1.165) is 35.1 Å². The van der Waals surface area contributed by atoms with Crippen LogP contribution < -0.4 is 0 Å². The standard InChI is InChI=1S/C17H23BrN2O/c1-13-6-7-14(18)11-16(13)17(21)20-10-4-5-15(12-20)19-8-2-3-9-19/h6-7,11,15H,2-5,8-10,12H2,1H3. The van der Waals surface area contributed by atoms with Crippen LogP contribution in [0.5, 0.6) is 0 Å². The van der Waals surface area contributed by atoms with Gasteiger partial charge in [-0.3, -0.25) is 9.69 Å². The molecule has 0 radical (unpaired) electrons. The molecule has 0 saturated carbocycles. The van der Waals surface area contributed by atoms with Gasteiger partial charge in [0.05, 0.1) is 0 Å². The van der Waals surface area contributed by atoms with E-state index in [1.165, 1.54) is 32.4 Å². The fourth-order valence-electron chi connectivity index (χ4n) is 3.54. The fourth-order valence-corrected chi connectivity index (χ4v) is 3.90. The first-order valence-electron chi connectivity index (χ1n) is 7.94. The van der Waals surface area contributed by atoms with Crippen molar-refractivity contribution in [2.75, 3.05) is 26.2 Å². The van der Waals surface area contributed by atoms with Crippen LogP contribution in [0.15, 0.2) is 22.7 Å². The molecule has 1 atom stereocenters. The third-order valence-corrected chi connectivity index (χ3v) is 5.26. The molecule has 2 fully saturated rings. The van der Waals surface area contributed by atoms with Crippen LogP contribution in [0.4, 0.5) is 0 Å². The predicted octanol–water partition coefficient (Wildman–Crippen LogP) is 3.46. The molecule has 3 rings (SSSR count). The Morgan fingerprint density at radius 2 is 1.95 bits per heavy atom. The predicted molar refractivity (Wildman–Crippen MR) is 88.6 cm³/mol. The van der Waals surface area contributed by atoms with Crippen molar-refractivity contribution < 1.29 is 4.79 Å². The van der Waals surface area contributed by atoms with E-state index in [9.17, 15) is 4.79 Å². The minimum Gasteiger partial charge on any atom is -0.337 e. The van der Waals surface area contributed by atoms with Gasteiger partial charge in [-0.15, -0.1) is 0 Å². The summed E-state index contributed by atoms with van der Waals surface area (Å²) in [7, 11) is 0. The van der Waals surface area contributed by atoms with Gasteiger partial charge in [0, 0.05) is 29.2 Å². The summed E-state index contributed by atoms with van der Waals surface area (Å²) in [4.78, 5) is 17.5. The van der Waals surface area contributed by atoms with Gasteiger partial charge in [0.1, 0.15) is 0 Å². The van der Waals surface area contributed by atoms with Crippen LogP contribution in [0.25, 0.3) is 0 Å². The highest BCUT2D eigenvalue weighted by atomic mass is 79.9. The zero-order valence-electron chi connectivity index (χ0n) is 12.6. The summed E-state index contributed by atoms with van der Waals surface area (Å²) < 4.78 is 0.976. The van der Waals surface area contributed by atoms with Crippen molar-refractivity contribution in [1.82, 2.24) is 9.80 Å². The molecule has 2 aliphatic heterocycles. The van der Waals surface area contributed by atoms with Crippen LogP contribution in [0.1, 0.15) is 41.6 Å². The number of amides is 1. The molecule has 1 aromatic carbocycles. The highest BCUT2D eigenvalue weighted by molar-refractivity contribution is 9.10. The molecule has 0 aliphatic carbocycles. The van der Waals surface area contributed by atoms with Crippen LogP contribution in [-0.4, -0.2) is 47.9 Å². The number of carbonyl (C=O) groups excluding carboxylic acids is 1. The van der Waals surface area contributed by atoms with Gasteiger partial charge in [0.2, 0.25) is 0 Å². The Kier molecular flexibility index (Phi) is 4.65. The maximum absolute atomic E-state index is 12.8. The first kappa shape index (κ1) is 15.0. The molecule has 2 heterocycles. The Bertz CT molecular complexity index is 526. The lowest BCUT2D eigenvalue weighted by Gasteiger charge is -2.37. The third kappa shape index (κ3) is 3.32. The molecule has 114 valence electrons. The van der Waals surface area contributed by atoms with E-state index >= 15 is 0 Å². The molecule has 2 saturated heterocycles. The Labute approximate surface area is 135 Å². The topological polar surface area (TPSA) is 23.6 Å². The van der Waals surface area contributed by atoms with E-state index in [1.54, 1.807) is 0 Å². The number of carbonyl (C=O) groups is 1. The van der Waals surface area contributed by atoms with Crippen LogP contribution in [-0.2, 0) is 0 Å². The van der Waals surface area contributed by atoms with Gasteiger partial charge in [-0.05, 0) is 63.4 Å². The van der Waals surface area contributed by atoms with Crippen molar-refractivity contribution in [1.29, 1.82) is 0 Å². The van der Waals surface area contributed by atoms with E-state index in [4.69, 9.17) is 0 Å². The van der Waals surface area contributed by atoms with Crippen LogP contribution >= 0.6 is 15.9 Å². The molecule has 4 heteroatoms. The van der Waals surface area contributed by atoms with Crippen molar-refractivity contribution in [3.05, 3.63) is 33.8 Å². The van der Waals surface area contributed by atoms with Gasteiger partial charge >= 0.3 is 0 Å². The molecule has 1 amide bonds. The SMILES string of the molecule is Cc1ccc(Br)cc1C(=O)N1CCCC(N2CCCC2)C1. The normalized spacial score (nSPS) is 23.5. The second-order valence-corrected chi connectivity index (χ2v) is 7.17. The lowest BCUT2D eigenvalue weighted by Crippen LogP contribution is -2.49. The molecule has 2 aliphatic rings. The van der Waals surface area contributed by atoms with Crippen LogP contribution in [0.2, 0.25) is 0 Å².